The quantitative estimate of drug-likeness (QED) is 0.843. The lowest BCUT2D eigenvalue weighted by molar-refractivity contribution is 0.0711. The van der Waals surface area contributed by atoms with Crippen molar-refractivity contribution in [2.24, 2.45) is 0 Å². The number of carbonyl (C=O) groups is 1. The average molecular weight is 296 g/mol. The van der Waals surface area contributed by atoms with E-state index in [4.69, 9.17) is 0 Å². The van der Waals surface area contributed by atoms with Gasteiger partial charge >= 0.3 is 0 Å². The largest absolute Gasteiger partial charge is 0.338 e. The summed E-state index contributed by atoms with van der Waals surface area (Å²) in [6, 6.07) is 5.13. The molecule has 0 N–H and O–H groups in total. The molecule has 1 aromatic rings. The van der Waals surface area contributed by atoms with Gasteiger partial charge in [0.15, 0.2) is 0 Å². The standard InChI is InChI=1S/C14H14F2N2OS/c1-20-14(9-17)4-6-18(7-5-14)13(19)11-8-10(15)2-3-12(11)16/h2-3,8H,4-7H2,1H3. The van der Waals surface area contributed by atoms with Crippen LogP contribution in [0.2, 0.25) is 0 Å². The zero-order valence-corrected chi connectivity index (χ0v) is 11.8. The van der Waals surface area contributed by atoms with Crippen LogP contribution in [0.4, 0.5) is 8.78 Å². The number of amides is 1. The smallest absolute Gasteiger partial charge is 0.256 e. The lowest BCUT2D eigenvalue weighted by atomic mass is 9.96. The number of nitrogens with zero attached hydrogens (tertiary/aromatic N) is 2. The number of carbonyl (C=O) groups excluding carboxylic acids is 1. The van der Waals surface area contributed by atoms with Gasteiger partial charge in [0, 0.05) is 13.1 Å². The second kappa shape index (κ2) is 5.80. The third kappa shape index (κ3) is 2.78. The van der Waals surface area contributed by atoms with Gasteiger partial charge in [0.25, 0.3) is 5.91 Å². The van der Waals surface area contributed by atoms with Crippen molar-refractivity contribution >= 4 is 17.7 Å². The van der Waals surface area contributed by atoms with Crippen LogP contribution < -0.4 is 0 Å². The van der Waals surface area contributed by atoms with Crippen LogP contribution >= 0.6 is 11.8 Å². The first-order chi connectivity index (χ1) is 9.51. The van der Waals surface area contributed by atoms with Gasteiger partial charge in [-0.1, -0.05) is 0 Å². The van der Waals surface area contributed by atoms with Crippen LogP contribution in [-0.4, -0.2) is 34.9 Å². The summed E-state index contributed by atoms with van der Waals surface area (Å²) in [5, 5.41) is 9.18. The molecule has 0 radical (unpaired) electrons. The summed E-state index contributed by atoms with van der Waals surface area (Å²) in [4.78, 5) is 13.7. The highest BCUT2D eigenvalue weighted by Gasteiger charge is 2.36. The number of halogens is 2. The van der Waals surface area contributed by atoms with Crippen molar-refractivity contribution in [1.82, 2.24) is 4.90 Å². The van der Waals surface area contributed by atoms with E-state index in [0.717, 1.165) is 18.2 Å². The number of piperidine rings is 1. The summed E-state index contributed by atoms with van der Waals surface area (Å²) in [5.41, 5.74) is -0.251. The van der Waals surface area contributed by atoms with E-state index in [9.17, 15) is 18.8 Å². The van der Waals surface area contributed by atoms with Crippen molar-refractivity contribution in [3.63, 3.8) is 0 Å². The SMILES string of the molecule is CSC1(C#N)CCN(C(=O)c2cc(F)ccc2F)CC1. The van der Waals surface area contributed by atoms with Crippen LogP contribution in [-0.2, 0) is 0 Å². The minimum Gasteiger partial charge on any atom is -0.338 e. The Hall–Kier alpha value is -1.61. The van der Waals surface area contributed by atoms with Crippen LogP contribution in [0.5, 0.6) is 0 Å². The Morgan fingerprint density at radius 2 is 2.05 bits per heavy atom. The normalized spacial score (nSPS) is 17.6. The van der Waals surface area contributed by atoms with Crippen molar-refractivity contribution in [2.75, 3.05) is 19.3 Å². The molecule has 0 aromatic heterocycles. The molecule has 6 heteroatoms. The molecule has 0 aliphatic carbocycles. The topological polar surface area (TPSA) is 44.1 Å². The highest BCUT2D eigenvalue weighted by Crippen LogP contribution is 2.34. The molecular formula is C14H14F2N2OS. The van der Waals surface area contributed by atoms with Crippen LogP contribution in [0, 0.1) is 23.0 Å². The van der Waals surface area contributed by atoms with Crippen molar-refractivity contribution in [3.05, 3.63) is 35.4 Å². The van der Waals surface area contributed by atoms with Gasteiger partial charge in [-0.25, -0.2) is 8.78 Å². The zero-order chi connectivity index (χ0) is 14.8. The first-order valence-corrected chi connectivity index (χ1v) is 7.44. The molecule has 1 heterocycles. The number of thioether (sulfide) groups is 1. The van der Waals surface area contributed by atoms with E-state index < -0.39 is 22.3 Å². The molecule has 1 aliphatic heterocycles. The van der Waals surface area contributed by atoms with E-state index >= 15 is 0 Å². The fourth-order valence-electron chi connectivity index (χ4n) is 2.26. The maximum atomic E-state index is 13.6. The number of benzene rings is 1. The summed E-state index contributed by atoms with van der Waals surface area (Å²) < 4.78 is 26.2. The van der Waals surface area contributed by atoms with Gasteiger partial charge < -0.3 is 4.90 Å². The van der Waals surface area contributed by atoms with Gasteiger partial charge in [0.2, 0.25) is 0 Å². The lowest BCUT2D eigenvalue weighted by Crippen LogP contribution is -2.44. The molecule has 0 saturated carbocycles. The molecular weight excluding hydrogens is 282 g/mol. The summed E-state index contributed by atoms with van der Waals surface area (Å²) in [6.07, 6.45) is 2.94. The molecule has 1 aromatic carbocycles. The number of hydrogen-bond donors (Lipinski definition) is 0. The van der Waals surface area contributed by atoms with Gasteiger partial charge in [-0.05, 0) is 37.3 Å². The Balaban J connectivity index is 2.13. The van der Waals surface area contributed by atoms with Crippen LogP contribution in [0.1, 0.15) is 23.2 Å². The highest BCUT2D eigenvalue weighted by molar-refractivity contribution is 8.00. The minimum atomic E-state index is -0.724. The number of nitriles is 1. The Labute approximate surface area is 120 Å². The first-order valence-electron chi connectivity index (χ1n) is 6.22. The first kappa shape index (κ1) is 14.8. The van der Waals surface area contributed by atoms with Gasteiger partial charge in [0.1, 0.15) is 16.4 Å². The summed E-state index contributed by atoms with van der Waals surface area (Å²) >= 11 is 1.48. The van der Waals surface area contributed by atoms with Gasteiger partial charge in [0.05, 0.1) is 11.6 Å². The molecule has 2 rings (SSSR count). The van der Waals surface area contributed by atoms with E-state index in [-0.39, 0.29) is 5.56 Å². The van der Waals surface area contributed by atoms with Crippen molar-refractivity contribution < 1.29 is 13.6 Å². The lowest BCUT2D eigenvalue weighted by Gasteiger charge is -2.36. The van der Waals surface area contributed by atoms with Crippen molar-refractivity contribution in [2.45, 2.75) is 17.6 Å². The van der Waals surface area contributed by atoms with E-state index in [1.807, 2.05) is 6.26 Å². The maximum Gasteiger partial charge on any atom is 0.256 e. The van der Waals surface area contributed by atoms with Gasteiger partial charge in [-0.2, -0.15) is 5.26 Å². The molecule has 1 saturated heterocycles. The monoisotopic (exact) mass is 296 g/mol. The second-order valence-electron chi connectivity index (χ2n) is 4.73. The Bertz CT molecular complexity index is 563. The molecule has 20 heavy (non-hydrogen) atoms. The van der Waals surface area contributed by atoms with E-state index in [1.54, 1.807) is 0 Å². The minimum absolute atomic E-state index is 0.251. The molecule has 3 nitrogen and oxygen atoms in total. The zero-order valence-electron chi connectivity index (χ0n) is 11.0. The van der Waals surface area contributed by atoms with E-state index in [1.165, 1.54) is 16.7 Å². The van der Waals surface area contributed by atoms with Crippen molar-refractivity contribution in [3.8, 4) is 6.07 Å². The number of hydrogen-bond acceptors (Lipinski definition) is 3. The molecule has 1 fully saturated rings. The van der Waals surface area contributed by atoms with Crippen LogP contribution in [0.25, 0.3) is 0 Å². The third-order valence-corrected chi connectivity index (χ3v) is 4.89. The van der Waals surface area contributed by atoms with E-state index in [2.05, 4.69) is 6.07 Å². The molecule has 1 aliphatic rings. The Morgan fingerprint density at radius 3 is 2.60 bits per heavy atom. The Kier molecular flexibility index (Phi) is 4.29. The summed E-state index contributed by atoms with van der Waals surface area (Å²) in [5.74, 6) is -1.88. The molecule has 0 spiro atoms. The second-order valence-corrected chi connectivity index (χ2v) is 5.92. The molecule has 0 unspecified atom stereocenters. The average Bonchev–Trinajstić information content (AvgIpc) is 2.49. The molecule has 0 atom stereocenters. The Morgan fingerprint density at radius 1 is 1.40 bits per heavy atom. The fraction of sp³-hybridized carbons (Fsp3) is 0.429. The summed E-state index contributed by atoms with van der Waals surface area (Å²) in [6.45, 7) is 0.756. The summed E-state index contributed by atoms with van der Waals surface area (Å²) in [7, 11) is 0. The molecule has 1 amide bonds. The predicted octanol–water partition coefficient (Wildman–Crippen LogP) is 2.83. The van der Waals surface area contributed by atoms with Crippen LogP contribution in [0.3, 0.4) is 0 Å². The van der Waals surface area contributed by atoms with E-state index in [0.29, 0.717) is 25.9 Å². The number of likely N-dealkylation sites (tertiary alicyclic amines) is 1. The molecule has 0 bridgehead atoms. The van der Waals surface area contributed by atoms with Gasteiger partial charge in [-0.15, -0.1) is 11.8 Å². The number of rotatable bonds is 2. The molecule has 106 valence electrons. The van der Waals surface area contributed by atoms with Crippen molar-refractivity contribution in [1.29, 1.82) is 5.26 Å². The van der Waals surface area contributed by atoms with Gasteiger partial charge in [-0.3, -0.25) is 4.79 Å². The third-order valence-electron chi connectivity index (χ3n) is 3.61. The van der Waals surface area contributed by atoms with Crippen LogP contribution in [0.15, 0.2) is 18.2 Å². The fourth-order valence-corrected chi connectivity index (χ4v) is 2.95. The predicted molar refractivity (Wildman–Crippen MR) is 73.4 cm³/mol. The highest BCUT2D eigenvalue weighted by atomic mass is 32.2. The maximum absolute atomic E-state index is 13.6.